The molecule has 1 fully saturated rings. The number of carbonyl (C=O) groups excluding carboxylic acids is 4. The van der Waals surface area contributed by atoms with Crippen LogP contribution >= 0.6 is 0 Å². The average Bonchev–Trinajstić information content (AvgIpc) is 3.12. The molecule has 8 nitrogen and oxygen atoms in total. The number of hydrogen-bond donors (Lipinski definition) is 3. The third-order valence-corrected chi connectivity index (χ3v) is 5.20. The maximum absolute atomic E-state index is 13.1. The first-order valence-corrected chi connectivity index (χ1v) is 10.8. The quantitative estimate of drug-likeness (QED) is 0.508. The fourth-order valence-corrected chi connectivity index (χ4v) is 3.44. The average molecular weight is 444 g/mol. The summed E-state index contributed by atoms with van der Waals surface area (Å²) in [6.45, 7) is 7.60. The summed E-state index contributed by atoms with van der Waals surface area (Å²) in [5, 5.41) is 8.31. The maximum Gasteiger partial charge on any atom is 0.408 e. The minimum absolute atomic E-state index is 0.0598. The van der Waals surface area contributed by atoms with Crippen molar-refractivity contribution < 1.29 is 23.9 Å². The Bertz CT molecular complexity index is 845. The Kier molecular flexibility index (Phi) is 8.99. The van der Waals surface area contributed by atoms with Gasteiger partial charge in [-0.3, -0.25) is 14.4 Å². The van der Waals surface area contributed by atoms with E-state index >= 15 is 0 Å². The van der Waals surface area contributed by atoms with Crippen molar-refractivity contribution >= 4 is 23.7 Å². The lowest BCUT2D eigenvalue weighted by atomic mass is 9.85. The third-order valence-electron chi connectivity index (χ3n) is 5.20. The molecular formula is C24H33N3O5. The Balaban J connectivity index is 2.05. The Hall–Kier alpha value is -3.16. The molecule has 0 bridgehead atoms. The second kappa shape index (κ2) is 11.5. The number of benzene rings is 1. The van der Waals surface area contributed by atoms with Crippen LogP contribution in [-0.2, 0) is 25.7 Å². The van der Waals surface area contributed by atoms with Crippen LogP contribution in [0.5, 0.6) is 0 Å². The Labute approximate surface area is 189 Å². The van der Waals surface area contributed by atoms with Gasteiger partial charge in [-0.25, -0.2) is 4.79 Å². The molecule has 1 aliphatic heterocycles. The van der Waals surface area contributed by atoms with Crippen LogP contribution in [0.3, 0.4) is 0 Å². The van der Waals surface area contributed by atoms with Crippen molar-refractivity contribution in [2.24, 2.45) is 11.3 Å². The van der Waals surface area contributed by atoms with Gasteiger partial charge in [-0.2, -0.15) is 0 Å². The standard InChI is InChI=1S/C24H33N3O5/c1-16(28)10-11-19(14-18-12-13-25-21(18)29)26-22(30)20(24(2,3)4)27-23(31)32-15-17-8-6-5-7-9-17/h5-11,18-20H,12-15H2,1-4H3,(H,25,29)(H,26,30)(H,27,31)/b11-10+/t18-,19+,20+/m0/s1. The smallest absolute Gasteiger partial charge is 0.408 e. The van der Waals surface area contributed by atoms with Gasteiger partial charge in [0.15, 0.2) is 5.78 Å². The van der Waals surface area contributed by atoms with E-state index in [2.05, 4.69) is 16.0 Å². The Morgan fingerprint density at radius 2 is 1.88 bits per heavy atom. The van der Waals surface area contributed by atoms with Gasteiger partial charge >= 0.3 is 6.09 Å². The van der Waals surface area contributed by atoms with Crippen molar-refractivity contribution in [2.75, 3.05) is 6.54 Å². The molecule has 0 aliphatic carbocycles. The predicted molar refractivity (Wildman–Crippen MR) is 120 cm³/mol. The van der Waals surface area contributed by atoms with Crippen LogP contribution in [0.1, 0.15) is 46.1 Å². The van der Waals surface area contributed by atoms with Crippen molar-refractivity contribution in [3.63, 3.8) is 0 Å². The van der Waals surface area contributed by atoms with E-state index in [1.165, 1.54) is 13.0 Å². The zero-order chi connectivity index (χ0) is 23.7. The fraction of sp³-hybridized carbons (Fsp3) is 0.500. The number of alkyl carbamates (subject to hydrolysis) is 1. The lowest BCUT2D eigenvalue weighted by Crippen LogP contribution is -2.55. The van der Waals surface area contributed by atoms with Crippen LogP contribution in [-0.4, -0.2) is 42.3 Å². The molecule has 1 heterocycles. The minimum atomic E-state index is -0.878. The maximum atomic E-state index is 13.1. The third kappa shape index (κ3) is 8.17. The molecule has 0 spiro atoms. The van der Waals surface area contributed by atoms with Gasteiger partial charge in [-0.15, -0.1) is 0 Å². The lowest BCUT2D eigenvalue weighted by molar-refractivity contribution is -0.127. The lowest BCUT2D eigenvalue weighted by Gasteiger charge is -2.31. The monoisotopic (exact) mass is 443 g/mol. The predicted octanol–water partition coefficient (Wildman–Crippen LogP) is 2.48. The summed E-state index contributed by atoms with van der Waals surface area (Å²) in [6, 6.07) is 7.85. The molecule has 3 amide bonds. The van der Waals surface area contributed by atoms with Crippen molar-refractivity contribution in [2.45, 2.75) is 59.2 Å². The van der Waals surface area contributed by atoms with Gasteiger partial charge in [0, 0.05) is 18.5 Å². The highest BCUT2D eigenvalue weighted by Gasteiger charge is 2.35. The summed E-state index contributed by atoms with van der Waals surface area (Å²) in [5.74, 6) is -0.870. The second-order valence-corrected chi connectivity index (χ2v) is 9.10. The van der Waals surface area contributed by atoms with E-state index in [1.807, 2.05) is 51.1 Å². The van der Waals surface area contributed by atoms with Crippen LogP contribution in [0, 0.1) is 11.3 Å². The fourth-order valence-electron chi connectivity index (χ4n) is 3.44. The van der Waals surface area contributed by atoms with Gasteiger partial charge in [-0.1, -0.05) is 57.2 Å². The van der Waals surface area contributed by atoms with Crippen LogP contribution in [0.15, 0.2) is 42.5 Å². The molecule has 1 aromatic carbocycles. The number of ether oxygens (including phenoxy) is 1. The van der Waals surface area contributed by atoms with E-state index in [-0.39, 0.29) is 24.2 Å². The summed E-state index contributed by atoms with van der Waals surface area (Å²) >= 11 is 0. The highest BCUT2D eigenvalue weighted by molar-refractivity contribution is 5.89. The highest BCUT2D eigenvalue weighted by Crippen LogP contribution is 2.21. The van der Waals surface area contributed by atoms with Crippen molar-refractivity contribution in [1.29, 1.82) is 0 Å². The molecule has 174 valence electrons. The van der Waals surface area contributed by atoms with Gasteiger partial charge in [0.1, 0.15) is 12.6 Å². The van der Waals surface area contributed by atoms with Crippen molar-refractivity contribution in [3.05, 3.63) is 48.0 Å². The first-order chi connectivity index (χ1) is 15.1. The zero-order valence-electron chi connectivity index (χ0n) is 19.1. The zero-order valence-corrected chi connectivity index (χ0v) is 19.1. The number of carbonyl (C=O) groups is 4. The summed E-state index contributed by atoms with van der Waals surface area (Å²) in [6.07, 6.45) is 3.32. The van der Waals surface area contributed by atoms with E-state index in [0.717, 1.165) is 5.56 Å². The number of allylic oxidation sites excluding steroid dienone is 1. The molecule has 0 saturated carbocycles. The van der Waals surface area contributed by atoms with E-state index in [0.29, 0.717) is 19.4 Å². The Morgan fingerprint density at radius 3 is 2.44 bits per heavy atom. The number of amides is 3. The topological polar surface area (TPSA) is 114 Å². The van der Waals surface area contributed by atoms with Crippen molar-refractivity contribution in [3.8, 4) is 0 Å². The molecule has 32 heavy (non-hydrogen) atoms. The number of rotatable bonds is 9. The molecule has 1 aromatic rings. The molecule has 2 rings (SSSR count). The molecule has 1 saturated heterocycles. The number of nitrogens with one attached hydrogen (secondary N) is 3. The van der Waals surface area contributed by atoms with Crippen LogP contribution in [0.4, 0.5) is 4.79 Å². The summed E-state index contributed by atoms with van der Waals surface area (Å²) in [5.41, 5.74) is 0.235. The largest absolute Gasteiger partial charge is 0.445 e. The van der Waals surface area contributed by atoms with Crippen LogP contribution in [0.25, 0.3) is 0 Å². The summed E-state index contributed by atoms with van der Waals surface area (Å²) in [4.78, 5) is 48.9. The van der Waals surface area contributed by atoms with Gasteiger partial charge in [0.2, 0.25) is 11.8 Å². The SMILES string of the molecule is CC(=O)/C=C/[C@H](C[C@@H]1CCNC1=O)NC(=O)[C@@H](NC(=O)OCc1ccccc1)C(C)(C)C. The molecule has 3 N–H and O–H groups in total. The van der Waals surface area contributed by atoms with E-state index in [4.69, 9.17) is 4.74 Å². The molecule has 0 unspecified atom stereocenters. The molecule has 0 radical (unpaired) electrons. The summed E-state index contributed by atoms with van der Waals surface area (Å²) in [7, 11) is 0. The van der Waals surface area contributed by atoms with E-state index < -0.39 is 29.5 Å². The molecular weight excluding hydrogens is 410 g/mol. The normalized spacial score (nSPS) is 18.0. The van der Waals surface area contributed by atoms with E-state index in [9.17, 15) is 19.2 Å². The first-order valence-electron chi connectivity index (χ1n) is 10.8. The minimum Gasteiger partial charge on any atom is -0.445 e. The number of ketones is 1. The van der Waals surface area contributed by atoms with Crippen molar-refractivity contribution in [1.82, 2.24) is 16.0 Å². The molecule has 8 heteroatoms. The molecule has 3 atom stereocenters. The van der Waals surface area contributed by atoms with Gasteiger partial charge < -0.3 is 20.7 Å². The van der Waals surface area contributed by atoms with Gasteiger partial charge in [-0.05, 0) is 36.8 Å². The van der Waals surface area contributed by atoms with Gasteiger partial charge in [0.25, 0.3) is 0 Å². The first kappa shape index (κ1) is 25.1. The highest BCUT2D eigenvalue weighted by atomic mass is 16.5. The Morgan fingerprint density at radius 1 is 1.19 bits per heavy atom. The van der Waals surface area contributed by atoms with E-state index in [1.54, 1.807) is 6.08 Å². The van der Waals surface area contributed by atoms with Crippen LogP contribution < -0.4 is 16.0 Å². The molecule has 1 aliphatic rings. The summed E-state index contributed by atoms with van der Waals surface area (Å²) < 4.78 is 5.27. The number of hydrogen-bond acceptors (Lipinski definition) is 5. The van der Waals surface area contributed by atoms with Gasteiger partial charge in [0.05, 0.1) is 0 Å². The molecule has 0 aromatic heterocycles. The van der Waals surface area contributed by atoms with Crippen LogP contribution in [0.2, 0.25) is 0 Å². The second-order valence-electron chi connectivity index (χ2n) is 9.10.